The standard InChI is InChI=1S/C15H25NO2/c1-15(2,3)16-11-13-5-7-14(8-6-13)12-18-10-9-17-4/h5-8,16H,9-12H2,1-4H3. The second-order valence-electron chi connectivity index (χ2n) is 5.47. The minimum atomic E-state index is 0.155. The molecular formula is C15H25NO2. The summed E-state index contributed by atoms with van der Waals surface area (Å²) in [7, 11) is 1.68. The molecule has 0 unspecified atom stereocenters. The van der Waals surface area contributed by atoms with Gasteiger partial charge in [0.1, 0.15) is 0 Å². The maximum absolute atomic E-state index is 5.47. The van der Waals surface area contributed by atoms with Crippen molar-refractivity contribution in [2.45, 2.75) is 39.5 Å². The molecule has 1 N–H and O–H groups in total. The van der Waals surface area contributed by atoms with Crippen LogP contribution in [0.15, 0.2) is 24.3 Å². The van der Waals surface area contributed by atoms with Crippen molar-refractivity contribution < 1.29 is 9.47 Å². The maximum atomic E-state index is 5.47. The number of rotatable bonds is 7. The Balaban J connectivity index is 2.33. The molecule has 3 heteroatoms. The number of benzene rings is 1. The van der Waals surface area contributed by atoms with Gasteiger partial charge in [-0.25, -0.2) is 0 Å². The summed E-state index contributed by atoms with van der Waals surface area (Å²) in [6, 6.07) is 8.53. The lowest BCUT2D eigenvalue weighted by Crippen LogP contribution is -2.35. The van der Waals surface area contributed by atoms with Crippen molar-refractivity contribution in [1.82, 2.24) is 5.32 Å². The zero-order valence-corrected chi connectivity index (χ0v) is 12.0. The average Bonchev–Trinajstić information content (AvgIpc) is 2.33. The monoisotopic (exact) mass is 251 g/mol. The lowest BCUT2D eigenvalue weighted by Gasteiger charge is -2.20. The lowest BCUT2D eigenvalue weighted by atomic mass is 10.1. The summed E-state index contributed by atoms with van der Waals surface area (Å²) in [5.74, 6) is 0. The fourth-order valence-electron chi connectivity index (χ4n) is 1.45. The molecule has 0 amide bonds. The van der Waals surface area contributed by atoms with Crippen molar-refractivity contribution in [3.05, 3.63) is 35.4 Å². The molecule has 0 aromatic heterocycles. The molecule has 0 fully saturated rings. The van der Waals surface area contributed by atoms with Gasteiger partial charge in [-0.3, -0.25) is 0 Å². The van der Waals surface area contributed by atoms with E-state index in [4.69, 9.17) is 9.47 Å². The fraction of sp³-hybridized carbons (Fsp3) is 0.600. The molecule has 0 spiro atoms. The zero-order chi connectivity index (χ0) is 13.4. The Kier molecular flexibility index (Phi) is 6.33. The van der Waals surface area contributed by atoms with Crippen LogP contribution in [0.1, 0.15) is 31.9 Å². The molecule has 102 valence electrons. The highest BCUT2D eigenvalue weighted by Crippen LogP contribution is 2.08. The van der Waals surface area contributed by atoms with Crippen molar-refractivity contribution in [2.24, 2.45) is 0 Å². The Morgan fingerprint density at radius 1 is 1.00 bits per heavy atom. The molecule has 0 atom stereocenters. The molecule has 18 heavy (non-hydrogen) atoms. The first-order valence-electron chi connectivity index (χ1n) is 6.41. The summed E-state index contributed by atoms with van der Waals surface area (Å²) in [6.45, 7) is 9.35. The van der Waals surface area contributed by atoms with Crippen LogP contribution < -0.4 is 5.32 Å². The number of hydrogen-bond donors (Lipinski definition) is 1. The van der Waals surface area contributed by atoms with E-state index in [1.165, 1.54) is 11.1 Å². The van der Waals surface area contributed by atoms with Gasteiger partial charge in [0.05, 0.1) is 19.8 Å². The van der Waals surface area contributed by atoms with Crippen molar-refractivity contribution in [3.8, 4) is 0 Å². The van der Waals surface area contributed by atoms with E-state index in [0.29, 0.717) is 19.8 Å². The number of ether oxygens (including phenoxy) is 2. The molecule has 0 heterocycles. The van der Waals surface area contributed by atoms with E-state index in [-0.39, 0.29) is 5.54 Å². The van der Waals surface area contributed by atoms with Gasteiger partial charge in [-0.15, -0.1) is 0 Å². The van der Waals surface area contributed by atoms with Crippen LogP contribution in [0.25, 0.3) is 0 Å². The van der Waals surface area contributed by atoms with Crippen LogP contribution in [-0.4, -0.2) is 25.9 Å². The van der Waals surface area contributed by atoms with Gasteiger partial charge in [0.25, 0.3) is 0 Å². The molecule has 0 bridgehead atoms. The molecular weight excluding hydrogens is 226 g/mol. The van der Waals surface area contributed by atoms with Crippen LogP contribution in [0.4, 0.5) is 0 Å². The van der Waals surface area contributed by atoms with Crippen molar-refractivity contribution in [1.29, 1.82) is 0 Å². The van der Waals surface area contributed by atoms with Gasteiger partial charge in [-0.05, 0) is 31.9 Å². The van der Waals surface area contributed by atoms with E-state index < -0.39 is 0 Å². The van der Waals surface area contributed by atoms with E-state index in [0.717, 1.165) is 6.54 Å². The quantitative estimate of drug-likeness (QED) is 0.756. The minimum Gasteiger partial charge on any atom is -0.382 e. The second-order valence-corrected chi connectivity index (χ2v) is 5.47. The summed E-state index contributed by atoms with van der Waals surface area (Å²) in [4.78, 5) is 0. The summed E-state index contributed by atoms with van der Waals surface area (Å²) >= 11 is 0. The Bertz CT molecular complexity index is 327. The first-order chi connectivity index (χ1) is 8.51. The van der Waals surface area contributed by atoms with Gasteiger partial charge in [0.2, 0.25) is 0 Å². The molecule has 1 rings (SSSR count). The van der Waals surface area contributed by atoms with Gasteiger partial charge >= 0.3 is 0 Å². The van der Waals surface area contributed by atoms with E-state index in [2.05, 4.69) is 50.4 Å². The Hall–Kier alpha value is -0.900. The summed E-state index contributed by atoms with van der Waals surface area (Å²) in [5, 5.41) is 3.47. The fourth-order valence-corrected chi connectivity index (χ4v) is 1.45. The molecule has 1 aromatic rings. The van der Waals surface area contributed by atoms with Crippen LogP contribution in [0.2, 0.25) is 0 Å². The number of hydrogen-bond acceptors (Lipinski definition) is 3. The van der Waals surface area contributed by atoms with E-state index in [1.807, 2.05) is 0 Å². The topological polar surface area (TPSA) is 30.5 Å². The smallest absolute Gasteiger partial charge is 0.0718 e. The third kappa shape index (κ3) is 6.74. The summed E-state index contributed by atoms with van der Waals surface area (Å²) in [5.41, 5.74) is 2.65. The predicted molar refractivity (Wildman–Crippen MR) is 74.6 cm³/mol. The van der Waals surface area contributed by atoms with Gasteiger partial charge in [0, 0.05) is 19.2 Å². The van der Waals surface area contributed by atoms with Gasteiger partial charge in [-0.1, -0.05) is 24.3 Å². The van der Waals surface area contributed by atoms with Crippen LogP contribution >= 0.6 is 0 Å². The molecule has 0 radical (unpaired) electrons. The van der Waals surface area contributed by atoms with Crippen LogP contribution in [-0.2, 0) is 22.6 Å². The van der Waals surface area contributed by atoms with E-state index in [9.17, 15) is 0 Å². The molecule has 0 aliphatic heterocycles. The Labute approximate surface area is 110 Å². The van der Waals surface area contributed by atoms with Crippen molar-refractivity contribution in [3.63, 3.8) is 0 Å². The largest absolute Gasteiger partial charge is 0.382 e. The lowest BCUT2D eigenvalue weighted by molar-refractivity contribution is 0.0616. The number of methoxy groups -OCH3 is 1. The molecule has 0 saturated carbocycles. The van der Waals surface area contributed by atoms with Crippen molar-refractivity contribution in [2.75, 3.05) is 20.3 Å². The third-order valence-electron chi connectivity index (χ3n) is 2.55. The molecule has 1 aromatic carbocycles. The first-order valence-corrected chi connectivity index (χ1v) is 6.41. The van der Waals surface area contributed by atoms with E-state index in [1.54, 1.807) is 7.11 Å². The zero-order valence-electron chi connectivity index (χ0n) is 12.0. The van der Waals surface area contributed by atoms with Crippen LogP contribution in [0.3, 0.4) is 0 Å². The molecule has 3 nitrogen and oxygen atoms in total. The SMILES string of the molecule is COCCOCc1ccc(CNC(C)(C)C)cc1. The Morgan fingerprint density at radius 2 is 1.61 bits per heavy atom. The normalized spacial score (nSPS) is 11.8. The molecule has 0 saturated heterocycles. The third-order valence-corrected chi connectivity index (χ3v) is 2.55. The maximum Gasteiger partial charge on any atom is 0.0718 e. The summed E-state index contributed by atoms with van der Waals surface area (Å²) < 4.78 is 10.4. The highest BCUT2D eigenvalue weighted by molar-refractivity contribution is 5.22. The minimum absolute atomic E-state index is 0.155. The molecule has 0 aliphatic carbocycles. The highest BCUT2D eigenvalue weighted by atomic mass is 16.5. The van der Waals surface area contributed by atoms with Crippen LogP contribution in [0.5, 0.6) is 0 Å². The summed E-state index contributed by atoms with van der Waals surface area (Å²) in [6.07, 6.45) is 0. The number of nitrogens with one attached hydrogen (secondary N) is 1. The van der Waals surface area contributed by atoms with Crippen molar-refractivity contribution >= 4 is 0 Å². The first kappa shape index (κ1) is 15.2. The Morgan fingerprint density at radius 3 is 2.17 bits per heavy atom. The van der Waals surface area contributed by atoms with Gasteiger partial charge < -0.3 is 14.8 Å². The van der Waals surface area contributed by atoms with Gasteiger partial charge in [0.15, 0.2) is 0 Å². The second kappa shape index (κ2) is 7.52. The predicted octanol–water partition coefficient (Wildman–Crippen LogP) is 2.74. The molecule has 0 aliphatic rings. The highest BCUT2D eigenvalue weighted by Gasteiger charge is 2.07. The van der Waals surface area contributed by atoms with Crippen LogP contribution in [0, 0.1) is 0 Å². The average molecular weight is 251 g/mol. The van der Waals surface area contributed by atoms with Gasteiger partial charge in [-0.2, -0.15) is 0 Å². The van der Waals surface area contributed by atoms with E-state index >= 15 is 0 Å².